The lowest BCUT2D eigenvalue weighted by Crippen LogP contribution is -2.20. The maximum Gasteiger partial charge on any atom is 0.309 e. The predicted octanol–water partition coefficient (Wildman–Crippen LogP) is 2.16. The summed E-state index contributed by atoms with van der Waals surface area (Å²) in [6.45, 7) is 0. The fraction of sp³-hybridized carbons (Fsp3) is 0.462. The average Bonchev–Trinajstić information content (AvgIpc) is 2.99. The molecule has 1 saturated carbocycles. The van der Waals surface area contributed by atoms with E-state index >= 15 is 0 Å². The van der Waals surface area contributed by atoms with Gasteiger partial charge in [0, 0.05) is 19.8 Å². The van der Waals surface area contributed by atoms with Crippen LogP contribution in [0.15, 0.2) is 24.3 Å². The highest BCUT2D eigenvalue weighted by molar-refractivity contribution is 5.78. The van der Waals surface area contributed by atoms with Gasteiger partial charge >= 0.3 is 5.97 Å². The van der Waals surface area contributed by atoms with Crippen molar-refractivity contribution in [1.82, 2.24) is 0 Å². The van der Waals surface area contributed by atoms with Gasteiger partial charge < -0.3 is 10.0 Å². The van der Waals surface area contributed by atoms with Crippen molar-refractivity contribution in [1.29, 1.82) is 0 Å². The van der Waals surface area contributed by atoms with Gasteiger partial charge in [0.2, 0.25) is 0 Å². The normalized spacial score (nSPS) is 16.9. The van der Waals surface area contributed by atoms with Crippen LogP contribution in [-0.4, -0.2) is 25.2 Å². The summed E-state index contributed by atoms with van der Waals surface area (Å²) < 4.78 is 0. The second-order valence-electron chi connectivity index (χ2n) is 4.79. The number of hydrogen-bond donors (Lipinski definition) is 1. The Hall–Kier alpha value is -1.51. The highest BCUT2D eigenvalue weighted by Gasteiger charge is 2.50. The van der Waals surface area contributed by atoms with Crippen LogP contribution < -0.4 is 4.90 Å². The number of aliphatic carboxylic acids is 1. The first-order valence-electron chi connectivity index (χ1n) is 5.54. The lowest BCUT2D eigenvalue weighted by Gasteiger charge is -2.19. The van der Waals surface area contributed by atoms with Gasteiger partial charge in [-0.2, -0.15) is 0 Å². The molecule has 3 nitrogen and oxygen atoms in total. The molecular formula is C13H17NO2. The lowest BCUT2D eigenvalue weighted by atomic mass is 9.95. The molecule has 0 aromatic heterocycles. The maximum atomic E-state index is 11.2. The molecule has 0 amide bonds. The highest BCUT2D eigenvalue weighted by atomic mass is 16.4. The van der Waals surface area contributed by atoms with E-state index in [9.17, 15) is 9.90 Å². The first-order chi connectivity index (χ1) is 7.55. The lowest BCUT2D eigenvalue weighted by molar-refractivity contribution is -0.143. The van der Waals surface area contributed by atoms with Gasteiger partial charge in [-0.15, -0.1) is 0 Å². The summed E-state index contributed by atoms with van der Waals surface area (Å²) >= 11 is 0. The van der Waals surface area contributed by atoms with E-state index in [0.717, 1.165) is 24.1 Å². The van der Waals surface area contributed by atoms with Crippen molar-refractivity contribution in [2.24, 2.45) is 5.41 Å². The minimum Gasteiger partial charge on any atom is -0.481 e. The molecule has 1 aromatic rings. The number of carbonyl (C=O) groups is 1. The van der Waals surface area contributed by atoms with Gasteiger partial charge in [0.05, 0.1) is 5.41 Å². The number of benzene rings is 1. The van der Waals surface area contributed by atoms with E-state index in [1.54, 1.807) is 0 Å². The van der Waals surface area contributed by atoms with Crippen molar-refractivity contribution in [2.75, 3.05) is 19.0 Å². The molecule has 1 aliphatic carbocycles. The van der Waals surface area contributed by atoms with Crippen LogP contribution in [0.1, 0.15) is 18.4 Å². The summed E-state index contributed by atoms with van der Waals surface area (Å²) in [6, 6.07) is 8.02. The monoisotopic (exact) mass is 219 g/mol. The molecule has 0 saturated heterocycles. The molecule has 16 heavy (non-hydrogen) atoms. The number of carboxylic acid groups (broad SMARTS) is 1. The fourth-order valence-electron chi connectivity index (χ4n) is 2.08. The SMILES string of the molecule is CN(C)c1ccccc1CC1(C(=O)O)CC1. The van der Waals surface area contributed by atoms with Gasteiger partial charge in [0.1, 0.15) is 0 Å². The topological polar surface area (TPSA) is 40.5 Å². The Morgan fingerprint density at radius 1 is 1.38 bits per heavy atom. The third-order valence-corrected chi connectivity index (χ3v) is 3.31. The molecule has 0 atom stereocenters. The van der Waals surface area contributed by atoms with Gasteiger partial charge in [-0.1, -0.05) is 18.2 Å². The summed E-state index contributed by atoms with van der Waals surface area (Å²) in [7, 11) is 3.97. The Kier molecular flexibility index (Phi) is 2.62. The second kappa shape index (κ2) is 3.81. The Morgan fingerprint density at radius 2 is 2.00 bits per heavy atom. The Morgan fingerprint density at radius 3 is 2.50 bits per heavy atom. The van der Waals surface area contributed by atoms with Crippen LogP contribution in [0.5, 0.6) is 0 Å². The first-order valence-corrected chi connectivity index (χ1v) is 5.54. The molecular weight excluding hydrogens is 202 g/mol. The van der Waals surface area contributed by atoms with Crippen LogP contribution in [0.25, 0.3) is 0 Å². The summed E-state index contributed by atoms with van der Waals surface area (Å²) in [5.41, 5.74) is 1.77. The molecule has 86 valence electrons. The quantitative estimate of drug-likeness (QED) is 0.843. The van der Waals surface area contributed by atoms with Crippen molar-refractivity contribution in [3.8, 4) is 0 Å². The first kappa shape index (κ1) is 11.0. The van der Waals surface area contributed by atoms with E-state index in [1.165, 1.54) is 0 Å². The third kappa shape index (κ3) is 1.90. The fourth-order valence-corrected chi connectivity index (χ4v) is 2.08. The molecule has 0 heterocycles. The standard InChI is InChI=1S/C13H17NO2/c1-14(2)11-6-4-3-5-10(11)9-13(7-8-13)12(15)16/h3-6H,7-9H2,1-2H3,(H,15,16). The third-order valence-electron chi connectivity index (χ3n) is 3.31. The van der Waals surface area contributed by atoms with Crippen molar-refractivity contribution >= 4 is 11.7 Å². The van der Waals surface area contributed by atoms with Crippen LogP contribution >= 0.6 is 0 Å². The smallest absolute Gasteiger partial charge is 0.309 e. The molecule has 3 heteroatoms. The molecule has 1 aliphatic rings. The van der Waals surface area contributed by atoms with Crippen molar-refractivity contribution in [3.63, 3.8) is 0 Å². The molecule has 0 unspecified atom stereocenters. The highest BCUT2D eigenvalue weighted by Crippen LogP contribution is 2.49. The van der Waals surface area contributed by atoms with Crippen molar-refractivity contribution in [2.45, 2.75) is 19.3 Å². The second-order valence-corrected chi connectivity index (χ2v) is 4.79. The van der Waals surface area contributed by atoms with Crippen molar-refractivity contribution < 1.29 is 9.90 Å². The molecule has 0 spiro atoms. The van der Waals surface area contributed by atoms with Gasteiger partial charge in [-0.05, 0) is 30.9 Å². The van der Waals surface area contributed by atoms with Crippen LogP contribution in [0.2, 0.25) is 0 Å². The van der Waals surface area contributed by atoms with Gasteiger partial charge in [-0.25, -0.2) is 0 Å². The zero-order chi connectivity index (χ0) is 11.8. The number of rotatable bonds is 4. The Bertz CT molecular complexity index is 408. The molecule has 1 fully saturated rings. The molecule has 2 rings (SSSR count). The summed E-state index contributed by atoms with van der Waals surface area (Å²) in [5, 5.41) is 9.18. The zero-order valence-corrected chi connectivity index (χ0v) is 9.73. The van der Waals surface area contributed by atoms with Gasteiger partial charge in [0.15, 0.2) is 0 Å². The van der Waals surface area contributed by atoms with E-state index in [2.05, 4.69) is 0 Å². The van der Waals surface area contributed by atoms with Gasteiger partial charge in [0.25, 0.3) is 0 Å². The molecule has 0 aliphatic heterocycles. The van der Waals surface area contributed by atoms with Crippen LogP contribution in [0, 0.1) is 5.41 Å². The predicted molar refractivity (Wildman–Crippen MR) is 63.8 cm³/mol. The van der Waals surface area contributed by atoms with E-state index in [0.29, 0.717) is 6.42 Å². The van der Waals surface area contributed by atoms with E-state index in [-0.39, 0.29) is 0 Å². The minimum absolute atomic E-state index is 0.480. The maximum absolute atomic E-state index is 11.2. The molecule has 0 bridgehead atoms. The van der Waals surface area contributed by atoms with Crippen LogP contribution in [-0.2, 0) is 11.2 Å². The zero-order valence-electron chi connectivity index (χ0n) is 9.73. The van der Waals surface area contributed by atoms with Crippen LogP contribution in [0.4, 0.5) is 5.69 Å². The van der Waals surface area contributed by atoms with E-state index in [4.69, 9.17) is 0 Å². The summed E-state index contributed by atoms with van der Waals surface area (Å²) in [6.07, 6.45) is 2.27. The average molecular weight is 219 g/mol. The molecule has 1 N–H and O–H groups in total. The van der Waals surface area contributed by atoms with Crippen LogP contribution in [0.3, 0.4) is 0 Å². The number of nitrogens with zero attached hydrogens (tertiary/aromatic N) is 1. The number of para-hydroxylation sites is 1. The molecule has 0 radical (unpaired) electrons. The largest absolute Gasteiger partial charge is 0.481 e. The summed E-state index contributed by atoms with van der Waals surface area (Å²) in [4.78, 5) is 13.2. The number of hydrogen-bond acceptors (Lipinski definition) is 2. The molecule has 1 aromatic carbocycles. The number of carboxylic acids is 1. The van der Waals surface area contributed by atoms with E-state index < -0.39 is 11.4 Å². The minimum atomic E-state index is -0.652. The summed E-state index contributed by atoms with van der Waals surface area (Å²) in [5.74, 6) is -0.652. The van der Waals surface area contributed by atoms with Gasteiger partial charge in [-0.3, -0.25) is 4.79 Å². The van der Waals surface area contributed by atoms with Crippen molar-refractivity contribution in [3.05, 3.63) is 29.8 Å². The Balaban J connectivity index is 2.25. The van der Waals surface area contributed by atoms with E-state index in [1.807, 2.05) is 43.3 Å². The number of anilines is 1. The Labute approximate surface area is 95.7 Å².